The summed E-state index contributed by atoms with van der Waals surface area (Å²) in [5, 5.41) is 15.5. The van der Waals surface area contributed by atoms with Crippen LogP contribution in [0.5, 0.6) is 0 Å². The van der Waals surface area contributed by atoms with Gasteiger partial charge in [-0.1, -0.05) is 25.0 Å². The Morgan fingerprint density at radius 3 is 2.82 bits per heavy atom. The van der Waals surface area contributed by atoms with Crippen molar-refractivity contribution >= 4 is 11.9 Å². The first kappa shape index (κ1) is 13.1. The van der Waals surface area contributed by atoms with Gasteiger partial charge in [0.15, 0.2) is 5.69 Å². The van der Waals surface area contributed by atoms with Crippen molar-refractivity contribution in [2.24, 2.45) is 0 Å². The SMILES string of the molecule is CCCCCOC(=O)Cn1cc(C(=O)O)nn1. The first-order valence-electron chi connectivity index (χ1n) is 5.42. The molecule has 0 unspecified atom stereocenters. The molecular formula is C10H15N3O4. The van der Waals surface area contributed by atoms with Crippen molar-refractivity contribution in [2.45, 2.75) is 32.7 Å². The summed E-state index contributed by atoms with van der Waals surface area (Å²) in [6.45, 7) is 2.32. The maximum atomic E-state index is 11.3. The van der Waals surface area contributed by atoms with Gasteiger partial charge in [-0.3, -0.25) is 4.79 Å². The Morgan fingerprint density at radius 1 is 1.47 bits per heavy atom. The quantitative estimate of drug-likeness (QED) is 0.558. The average Bonchev–Trinajstić information content (AvgIpc) is 2.73. The molecule has 17 heavy (non-hydrogen) atoms. The Kier molecular flexibility index (Phi) is 5.12. The van der Waals surface area contributed by atoms with Crippen molar-refractivity contribution < 1.29 is 19.4 Å². The van der Waals surface area contributed by atoms with E-state index in [2.05, 4.69) is 17.2 Å². The van der Waals surface area contributed by atoms with E-state index in [1.807, 2.05) is 0 Å². The van der Waals surface area contributed by atoms with Crippen LogP contribution in [0.3, 0.4) is 0 Å². The van der Waals surface area contributed by atoms with Gasteiger partial charge >= 0.3 is 11.9 Å². The normalized spacial score (nSPS) is 10.2. The minimum atomic E-state index is -1.17. The summed E-state index contributed by atoms with van der Waals surface area (Å²) in [6, 6.07) is 0. The van der Waals surface area contributed by atoms with Crippen molar-refractivity contribution in [3.8, 4) is 0 Å². The fraction of sp³-hybridized carbons (Fsp3) is 0.600. The zero-order valence-electron chi connectivity index (χ0n) is 9.63. The number of unbranched alkanes of at least 4 members (excludes halogenated alkanes) is 2. The Morgan fingerprint density at radius 2 is 2.24 bits per heavy atom. The third-order valence-corrected chi connectivity index (χ3v) is 2.06. The van der Waals surface area contributed by atoms with Crippen molar-refractivity contribution in [1.82, 2.24) is 15.0 Å². The lowest BCUT2D eigenvalue weighted by atomic mass is 10.3. The van der Waals surface area contributed by atoms with E-state index in [9.17, 15) is 9.59 Å². The number of rotatable bonds is 7. The van der Waals surface area contributed by atoms with Gasteiger partial charge in [0.2, 0.25) is 0 Å². The first-order valence-corrected chi connectivity index (χ1v) is 5.42. The molecule has 7 heteroatoms. The van der Waals surface area contributed by atoms with Gasteiger partial charge < -0.3 is 9.84 Å². The highest BCUT2D eigenvalue weighted by molar-refractivity contribution is 5.84. The van der Waals surface area contributed by atoms with Crippen LogP contribution in [0.2, 0.25) is 0 Å². The molecule has 0 aromatic carbocycles. The maximum Gasteiger partial charge on any atom is 0.358 e. The number of carbonyl (C=O) groups is 2. The predicted molar refractivity (Wildman–Crippen MR) is 57.5 cm³/mol. The lowest BCUT2D eigenvalue weighted by molar-refractivity contribution is -0.144. The number of aromatic carboxylic acids is 1. The van der Waals surface area contributed by atoms with E-state index < -0.39 is 11.9 Å². The molecule has 1 N–H and O–H groups in total. The summed E-state index contributed by atoms with van der Waals surface area (Å²) in [4.78, 5) is 21.8. The highest BCUT2D eigenvalue weighted by Crippen LogP contribution is 1.97. The highest BCUT2D eigenvalue weighted by Gasteiger charge is 2.11. The summed E-state index contributed by atoms with van der Waals surface area (Å²) in [6.07, 6.45) is 4.10. The molecule has 0 bridgehead atoms. The number of hydrogen-bond donors (Lipinski definition) is 1. The number of hydrogen-bond acceptors (Lipinski definition) is 5. The van der Waals surface area contributed by atoms with E-state index in [0.29, 0.717) is 6.61 Å². The number of carbonyl (C=O) groups excluding carboxylic acids is 1. The van der Waals surface area contributed by atoms with Gasteiger partial charge in [-0.15, -0.1) is 5.10 Å². The summed E-state index contributed by atoms with van der Waals surface area (Å²) < 4.78 is 6.09. The minimum absolute atomic E-state index is 0.119. The summed E-state index contributed by atoms with van der Waals surface area (Å²) in [5.41, 5.74) is -0.191. The zero-order chi connectivity index (χ0) is 12.7. The lowest BCUT2D eigenvalue weighted by Gasteiger charge is -2.03. The van der Waals surface area contributed by atoms with E-state index >= 15 is 0 Å². The van der Waals surface area contributed by atoms with Gasteiger partial charge in [-0.25, -0.2) is 9.48 Å². The smallest absolute Gasteiger partial charge is 0.358 e. The number of aromatic nitrogens is 3. The maximum absolute atomic E-state index is 11.3. The lowest BCUT2D eigenvalue weighted by Crippen LogP contribution is -2.14. The fourth-order valence-electron chi connectivity index (χ4n) is 1.19. The van der Waals surface area contributed by atoms with Crippen LogP contribution in [0, 0.1) is 0 Å². The molecule has 0 saturated carbocycles. The Bertz CT molecular complexity index is 389. The van der Waals surface area contributed by atoms with Crippen molar-refractivity contribution in [3.63, 3.8) is 0 Å². The molecular weight excluding hydrogens is 226 g/mol. The molecule has 0 amide bonds. The Labute approximate surface area is 98.4 Å². The second kappa shape index (κ2) is 6.62. The zero-order valence-corrected chi connectivity index (χ0v) is 9.63. The van der Waals surface area contributed by atoms with E-state index in [4.69, 9.17) is 9.84 Å². The second-order valence-electron chi connectivity index (χ2n) is 3.53. The Balaban J connectivity index is 2.32. The third kappa shape index (κ3) is 4.62. The molecule has 94 valence electrons. The summed E-state index contributed by atoms with van der Waals surface area (Å²) >= 11 is 0. The van der Waals surface area contributed by atoms with E-state index in [0.717, 1.165) is 23.9 Å². The predicted octanol–water partition coefficient (Wildman–Crippen LogP) is 0.710. The highest BCUT2D eigenvalue weighted by atomic mass is 16.5. The molecule has 0 saturated heterocycles. The van der Waals surface area contributed by atoms with Gasteiger partial charge in [-0.05, 0) is 6.42 Å². The number of nitrogens with zero attached hydrogens (tertiary/aromatic N) is 3. The molecule has 0 spiro atoms. The van der Waals surface area contributed by atoms with Crippen LogP contribution in [0.25, 0.3) is 0 Å². The second-order valence-corrected chi connectivity index (χ2v) is 3.53. The van der Waals surface area contributed by atoms with E-state index in [1.165, 1.54) is 6.20 Å². The topological polar surface area (TPSA) is 94.3 Å². The molecule has 1 rings (SSSR count). The van der Waals surface area contributed by atoms with Crippen LogP contribution in [-0.2, 0) is 16.1 Å². The minimum Gasteiger partial charge on any atom is -0.476 e. The van der Waals surface area contributed by atoms with Crippen LogP contribution in [-0.4, -0.2) is 38.6 Å². The average molecular weight is 241 g/mol. The number of carboxylic acid groups (broad SMARTS) is 1. The molecule has 0 radical (unpaired) electrons. The van der Waals surface area contributed by atoms with Crippen LogP contribution < -0.4 is 0 Å². The third-order valence-electron chi connectivity index (χ3n) is 2.06. The fourth-order valence-corrected chi connectivity index (χ4v) is 1.19. The van der Waals surface area contributed by atoms with Crippen LogP contribution in [0.15, 0.2) is 6.20 Å². The molecule has 0 atom stereocenters. The number of carboxylic acids is 1. The molecule has 1 aromatic heterocycles. The number of ether oxygens (including phenoxy) is 1. The molecule has 0 aliphatic carbocycles. The van der Waals surface area contributed by atoms with Gasteiger partial charge in [0, 0.05) is 0 Å². The van der Waals surface area contributed by atoms with Gasteiger partial charge in [-0.2, -0.15) is 0 Å². The van der Waals surface area contributed by atoms with Crippen LogP contribution >= 0.6 is 0 Å². The molecule has 7 nitrogen and oxygen atoms in total. The van der Waals surface area contributed by atoms with Crippen molar-refractivity contribution in [3.05, 3.63) is 11.9 Å². The number of esters is 1. The molecule has 0 aliphatic rings. The molecule has 0 fully saturated rings. The van der Waals surface area contributed by atoms with Gasteiger partial charge in [0.25, 0.3) is 0 Å². The van der Waals surface area contributed by atoms with E-state index in [-0.39, 0.29) is 12.2 Å². The first-order chi connectivity index (χ1) is 8.13. The summed E-state index contributed by atoms with van der Waals surface area (Å²) in [5.74, 6) is -1.62. The molecule has 0 aliphatic heterocycles. The Hall–Kier alpha value is -1.92. The van der Waals surface area contributed by atoms with Gasteiger partial charge in [0.1, 0.15) is 6.54 Å². The van der Waals surface area contributed by atoms with Crippen molar-refractivity contribution in [1.29, 1.82) is 0 Å². The standard InChI is InChI=1S/C10H15N3O4/c1-2-3-4-5-17-9(14)7-13-6-8(10(15)16)11-12-13/h6H,2-5,7H2,1H3,(H,15,16). The van der Waals surface area contributed by atoms with Crippen molar-refractivity contribution in [2.75, 3.05) is 6.61 Å². The monoisotopic (exact) mass is 241 g/mol. The van der Waals surface area contributed by atoms with E-state index in [1.54, 1.807) is 0 Å². The van der Waals surface area contributed by atoms with Gasteiger partial charge in [0.05, 0.1) is 12.8 Å². The van der Waals surface area contributed by atoms with Crippen LogP contribution in [0.1, 0.15) is 36.7 Å². The summed E-state index contributed by atoms with van der Waals surface area (Å²) in [7, 11) is 0. The molecule has 1 heterocycles. The molecule has 1 aromatic rings. The largest absolute Gasteiger partial charge is 0.476 e. The van der Waals surface area contributed by atoms with Crippen LogP contribution in [0.4, 0.5) is 0 Å².